The van der Waals surface area contributed by atoms with Gasteiger partial charge < -0.3 is 24.8 Å². The lowest BCUT2D eigenvalue weighted by atomic mass is 9.95. The Hall–Kier alpha value is -1.93. The van der Waals surface area contributed by atoms with Crippen LogP contribution >= 0.6 is 0 Å². The fourth-order valence-corrected chi connectivity index (χ4v) is 3.85. The molecule has 5 radical (unpaired) electrons. The first-order chi connectivity index (χ1) is 13.5. The second-order valence-corrected chi connectivity index (χ2v) is 7.73. The van der Waals surface area contributed by atoms with Crippen molar-refractivity contribution < 1.29 is 19.4 Å². The highest BCUT2D eigenvalue weighted by atomic mass is 16.5. The van der Waals surface area contributed by atoms with E-state index < -0.39 is 0 Å². The summed E-state index contributed by atoms with van der Waals surface area (Å²) in [4.78, 5) is 23.7. The molecule has 1 aliphatic heterocycles. The number of rotatable bonds is 4. The van der Waals surface area contributed by atoms with Gasteiger partial charge in [0.25, 0.3) is 5.91 Å². The topological polar surface area (TPSA) is 96.8 Å². The number of morpholine rings is 1. The molecule has 8 nitrogen and oxygen atoms in total. The standard InChI is InChI=1S/C20H31N4O4.2CH2/c1-13-11-24(12-14(2)28-13)20-21-10-17(19(23-20)27-3)18(26)22-15-6-4-5-7-16(25)9-8-15;;/h6,10,13-16,25H,4-5,7-9,11-12H2,1-3H3,(H,22,26);2*1H2/t13-,14+,15-,16+;;/m1../s1. The summed E-state index contributed by atoms with van der Waals surface area (Å²) in [6.45, 7) is 5.42. The average Bonchev–Trinajstić information content (AvgIpc) is 2.66. The van der Waals surface area contributed by atoms with Crippen molar-refractivity contribution in [1.29, 1.82) is 0 Å². The number of ether oxygens (including phenoxy) is 2. The molecule has 0 aromatic carbocycles. The molecule has 1 aliphatic carbocycles. The van der Waals surface area contributed by atoms with Crippen molar-refractivity contribution in [2.24, 2.45) is 0 Å². The first-order valence-electron chi connectivity index (χ1n) is 10.1. The summed E-state index contributed by atoms with van der Waals surface area (Å²) in [5.74, 6) is 0.541. The lowest BCUT2D eigenvalue weighted by Crippen LogP contribution is -2.46. The number of carbonyl (C=O) groups excluding carboxylic acids is 1. The summed E-state index contributed by atoms with van der Waals surface area (Å²) in [5, 5.41) is 12.9. The predicted octanol–water partition coefficient (Wildman–Crippen LogP) is 2.38. The second-order valence-electron chi connectivity index (χ2n) is 7.73. The highest BCUT2D eigenvalue weighted by Crippen LogP contribution is 2.23. The number of methoxy groups -OCH3 is 1. The van der Waals surface area contributed by atoms with Crippen LogP contribution in [0.4, 0.5) is 5.95 Å². The van der Waals surface area contributed by atoms with Crippen molar-refractivity contribution in [1.82, 2.24) is 15.3 Å². The lowest BCUT2D eigenvalue weighted by molar-refractivity contribution is -0.00576. The number of nitrogens with one attached hydrogen (secondary N) is 1. The van der Waals surface area contributed by atoms with Gasteiger partial charge in [-0.2, -0.15) is 4.98 Å². The molecule has 1 saturated carbocycles. The number of hydrogen-bond donors (Lipinski definition) is 2. The fraction of sp³-hybridized carbons (Fsp3) is 0.636. The van der Waals surface area contributed by atoms with Crippen LogP contribution in [-0.4, -0.2) is 65.5 Å². The van der Waals surface area contributed by atoms with Gasteiger partial charge in [-0.25, -0.2) is 4.98 Å². The van der Waals surface area contributed by atoms with Crippen LogP contribution in [0, 0.1) is 21.3 Å². The first kappa shape index (κ1) is 26.1. The summed E-state index contributed by atoms with van der Waals surface area (Å²) in [6.07, 6.45) is 7.56. The molecule has 0 bridgehead atoms. The summed E-state index contributed by atoms with van der Waals surface area (Å²) < 4.78 is 11.1. The zero-order valence-electron chi connectivity index (χ0n) is 18.3. The molecule has 1 aromatic heterocycles. The van der Waals surface area contributed by atoms with Crippen LogP contribution in [0.15, 0.2) is 6.20 Å². The Morgan fingerprint density at radius 1 is 1.23 bits per heavy atom. The predicted molar refractivity (Wildman–Crippen MR) is 116 cm³/mol. The fourth-order valence-electron chi connectivity index (χ4n) is 3.85. The highest BCUT2D eigenvalue weighted by molar-refractivity contribution is 5.96. The minimum absolute atomic E-state index is 0. The van der Waals surface area contributed by atoms with Gasteiger partial charge in [0.1, 0.15) is 5.56 Å². The van der Waals surface area contributed by atoms with Crippen LogP contribution in [0.5, 0.6) is 5.88 Å². The molecule has 1 amide bonds. The van der Waals surface area contributed by atoms with E-state index in [2.05, 4.69) is 21.7 Å². The molecule has 2 heterocycles. The molecule has 0 spiro atoms. The summed E-state index contributed by atoms with van der Waals surface area (Å²) in [5.41, 5.74) is 0.316. The largest absolute Gasteiger partial charge is 0.480 e. The molecule has 1 saturated heterocycles. The number of aromatic nitrogens is 2. The minimum Gasteiger partial charge on any atom is -0.480 e. The Balaban J connectivity index is 0.00000225. The number of anilines is 1. The van der Waals surface area contributed by atoms with Gasteiger partial charge in [0.15, 0.2) is 0 Å². The van der Waals surface area contributed by atoms with E-state index in [1.165, 1.54) is 13.3 Å². The van der Waals surface area contributed by atoms with E-state index in [0.717, 1.165) is 25.7 Å². The number of carbonyl (C=O) groups is 1. The molecule has 2 N–H and O–H groups in total. The van der Waals surface area contributed by atoms with E-state index in [9.17, 15) is 9.90 Å². The highest BCUT2D eigenvalue weighted by Gasteiger charge is 2.26. The molecule has 1 aromatic rings. The van der Waals surface area contributed by atoms with E-state index >= 15 is 0 Å². The molecule has 2 aliphatic rings. The van der Waals surface area contributed by atoms with Gasteiger partial charge in [-0.15, -0.1) is 0 Å². The molecule has 8 heteroatoms. The lowest BCUT2D eigenvalue weighted by Gasteiger charge is -2.35. The van der Waals surface area contributed by atoms with Crippen LogP contribution in [0.25, 0.3) is 0 Å². The Bertz CT molecular complexity index is 663. The Morgan fingerprint density at radius 3 is 2.60 bits per heavy atom. The Labute approximate surface area is 181 Å². The SMILES string of the molecule is COc1nc(N2C[C@@H](C)O[C@@H](C)C2)ncc1C(=O)N[C@@H]1[CH]CCC[C@H](O)CC1.[CH2].[CH2]. The Kier molecular flexibility index (Phi) is 10.5. The van der Waals surface area contributed by atoms with Crippen LogP contribution in [0.2, 0.25) is 0 Å². The molecule has 0 unspecified atom stereocenters. The number of amides is 1. The monoisotopic (exact) mass is 419 g/mol. The van der Waals surface area contributed by atoms with Crippen LogP contribution in [0.1, 0.15) is 56.3 Å². The van der Waals surface area contributed by atoms with Crippen molar-refractivity contribution in [3.05, 3.63) is 33.0 Å². The van der Waals surface area contributed by atoms with E-state index in [1.54, 1.807) is 0 Å². The molecule has 2 fully saturated rings. The maximum atomic E-state index is 12.8. The number of hydrogen-bond acceptors (Lipinski definition) is 7. The minimum atomic E-state index is -0.288. The number of aliphatic hydroxyl groups excluding tert-OH is 1. The van der Waals surface area contributed by atoms with Crippen LogP contribution in [-0.2, 0) is 4.74 Å². The van der Waals surface area contributed by atoms with Crippen LogP contribution < -0.4 is 15.0 Å². The van der Waals surface area contributed by atoms with Crippen molar-refractivity contribution in [2.45, 2.75) is 70.3 Å². The van der Waals surface area contributed by atoms with Gasteiger partial charge in [-0.3, -0.25) is 4.79 Å². The first-order valence-corrected chi connectivity index (χ1v) is 10.1. The zero-order valence-corrected chi connectivity index (χ0v) is 18.3. The second kappa shape index (κ2) is 12.1. The van der Waals surface area contributed by atoms with Crippen molar-refractivity contribution in [3.8, 4) is 5.88 Å². The van der Waals surface area contributed by atoms with E-state index in [-0.39, 0.29) is 51.0 Å². The number of nitrogens with zero attached hydrogens (tertiary/aromatic N) is 3. The maximum absolute atomic E-state index is 12.8. The van der Waals surface area contributed by atoms with Gasteiger partial charge in [-0.05, 0) is 46.0 Å². The van der Waals surface area contributed by atoms with Gasteiger partial charge in [-0.1, -0.05) is 21.3 Å². The van der Waals surface area contributed by atoms with Crippen molar-refractivity contribution in [2.75, 3.05) is 25.1 Å². The smallest absolute Gasteiger partial charge is 0.258 e. The van der Waals surface area contributed by atoms with E-state index in [0.29, 0.717) is 31.0 Å². The average molecular weight is 420 g/mol. The third kappa shape index (κ3) is 6.80. The van der Waals surface area contributed by atoms with Crippen molar-refractivity contribution >= 4 is 11.9 Å². The zero-order chi connectivity index (χ0) is 20.1. The van der Waals surface area contributed by atoms with Gasteiger partial charge in [0, 0.05) is 25.3 Å². The van der Waals surface area contributed by atoms with Gasteiger partial charge in [0.05, 0.1) is 25.4 Å². The molecule has 167 valence electrons. The van der Waals surface area contributed by atoms with Gasteiger partial charge >= 0.3 is 0 Å². The third-order valence-corrected chi connectivity index (χ3v) is 5.20. The van der Waals surface area contributed by atoms with Gasteiger partial charge in [0.2, 0.25) is 11.8 Å². The third-order valence-electron chi connectivity index (χ3n) is 5.20. The molecule has 4 atom stereocenters. The molecular weight excluding hydrogens is 384 g/mol. The normalized spacial score (nSPS) is 27.0. The summed E-state index contributed by atoms with van der Waals surface area (Å²) in [7, 11) is 1.51. The van der Waals surface area contributed by atoms with E-state index in [4.69, 9.17) is 9.47 Å². The molecule has 30 heavy (non-hydrogen) atoms. The quantitative estimate of drug-likeness (QED) is 0.773. The molecule has 3 rings (SSSR count). The number of aliphatic hydroxyl groups is 1. The Morgan fingerprint density at radius 2 is 1.93 bits per heavy atom. The molecular formula is C22H35N4O4. The van der Waals surface area contributed by atoms with Crippen molar-refractivity contribution in [3.63, 3.8) is 0 Å². The summed E-state index contributed by atoms with van der Waals surface area (Å²) in [6, 6.07) is -0.0761. The van der Waals surface area contributed by atoms with Crippen LogP contribution in [0.3, 0.4) is 0 Å². The summed E-state index contributed by atoms with van der Waals surface area (Å²) >= 11 is 0. The maximum Gasteiger partial charge on any atom is 0.258 e. The van der Waals surface area contributed by atoms with E-state index in [1.807, 2.05) is 18.7 Å².